The smallest absolute Gasteiger partial charge is 0.319 e. The van der Waals surface area contributed by atoms with Gasteiger partial charge in [0, 0.05) is 0 Å². The molecule has 3 aromatic rings. The molecule has 0 saturated heterocycles. The fourth-order valence-electron chi connectivity index (χ4n) is 2.96. The summed E-state index contributed by atoms with van der Waals surface area (Å²) in [5, 5.41) is 0. The topological polar surface area (TPSA) is 35.5 Å². The molecule has 3 aromatic carbocycles. The SMILES string of the molecule is COc1ccc(/C=C/C[C@@H](C(=O)Oc2c(F)c(F)c(F)c(F)c2F)c2ccccc2)cc1. The van der Waals surface area contributed by atoms with E-state index in [0.717, 1.165) is 5.56 Å². The minimum absolute atomic E-state index is 0.0459. The third-order valence-electron chi connectivity index (χ3n) is 4.66. The minimum Gasteiger partial charge on any atom is -0.497 e. The predicted molar refractivity (Wildman–Crippen MR) is 108 cm³/mol. The van der Waals surface area contributed by atoms with Gasteiger partial charge >= 0.3 is 5.97 Å². The first kappa shape index (κ1) is 23.0. The van der Waals surface area contributed by atoms with Gasteiger partial charge in [-0.3, -0.25) is 4.79 Å². The van der Waals surface area contributed by atoms with Crippen LogP contribution in [-0.2, 0) is 4.79 Å². The van der Waals surface area contributed by atoms with Gasteiger partial charge in [0.05, 0.1) is 13.0 Å². The van der Waals surface area contributed by atoms with E-state index in [2.05, 4.69) is 4.74 Å². The van der Waals surface area contributed by atoms with Crippen molar-refractivity contribution in [3.8, 4) is 11.5 Å². The van der Waals surface area contributed by atoms with Crippen molar-refractivity contribution in [2.75, 3.05) is 7.11 Å². The maximum Gasteiger partial charge on any atom is 0.319 e. The van der Waals surface area contributed by atoms with Crippen molar-refractivity contribution in [1.82, 2.24) is 0 Å². The third-order valence-corrected chi connectivity index (χ3v) is 4.66. The number of carbonyl (C=O) groups is 1. The molecule has 3 nitrogen and oxygen atoms in total. The summed E-state index contributed by atoms with van der Waals surface area (Å²) in [5.74, 6) is -14.3. The Morgan fingerprint density at radius 1 is 0.844 bits per heavy atom. The molecule has 0 N–H and O–H groups in total. The van der Waals surface area contributed by atoms with Gasteiger partial charge in [-0.15, -0.1) is 0 Å². The number of halogens is 5. The zero-order valence-corrected chi connectivity index (χ0v) is 16.7. The number of benzene rings is 3. The quantitative estimate of drug-likeness (QED) is 0.142. The Morgan fingerprint density at radius 3 is 1.97 bits per heavy atom. The van der Waals surface area contributed by atoms with Gasteiger partial charge in [0.2, 0.25) is 34.8 Å². The lowest BCUT2D eigenvalue weighted by Gasteiger charge is -2.16. The molecule has 0 aliphatic heterocycles. The molecule has 166 valence electrons. The van der Waals surface area contributed by atoms with Gasteiger partial charge in [0.25, 0.3) is 0 Å². The van der Waals surface area contributed by atoms with E-state index in [1.807, 2.05) is 0 Å². The molecule has 0 spiro atoms. The Morgan fingerprint density at radius 2 is 1.41 bits per heavy atom. The number of rotatable bonds is 7. The Hall–Kier alpha value is -3.68. The van der Waals surface area contributed by atoms with Gasteiger partial charge in [0.1, 0.15) is 5.75 Å². The normalized spacial score (nSPS) is 12.1. The van der Waals surface area contributed by atoms with Crippen molar-refractivity contribution in [3.05, 3.63) is 101 Å². The van der Waals surface area contributed by atoms with Gasteiger partial charge in [-0.2, -0.15) is 8.78 Å². The van der Waals surface area contributed by atoms with Gasteiger partial charge in [0.15, 0.2) is 0 Å². The Labute approximate surface area is 180 Å². The van der Waals surface area contributed by atoms with Crippen molar-refractivity contribution in [1.29, 1.82) is 0 Å². The summed E-state index contributed by atoms with van der Waals surface area (Å²) in [6.45, 7) is 0. The second kappa shape index (κ2) is 10.1. The number of allylic oxidation sites excluding steroid dienone is 1. The Balaban J connectivity index is 1.86. The van der Waals surface area contributed by atoms with Gasteiger partial charge in [-0.25, -0.2) is 13.2 Å². The second-order valence-corrected chi connectivity index (χ2v) is 6.69. The van der Waals surface area contributed by atoms with E-state index in [0.29, 0.717) is 11.3 Å². The summed E-state index contributed by atoms with van der Waals surface area (Å²) in [5.41, 5.74) is 1.24. The van der Waals surface area contributed by atoms with E-state index < -0.39 is 46.7 Å². The van der Waals surface area contributed by atoms with Crippen LogP contribution in [0, 0.1) is 29.1 Å². The highest BCUT2D eigenvalue weighted by Crippen LogP contribution is 2.31. The number of hydrogen-bond donors (Lipinski definition) is 0. The average Bonchev–Trinajstić information content (AvgIpc) is 2.82. The molecular weight excluding hydrogens is 431 g/mol. The van der Waals surface area contributed by atoms with E-state index in [-0.39, 0.29) is 6.42 Å². The van der Waals surface area contributed by atoms with Crippen LogP contribution in [0.2, 0.25) is 0 Å². The van der Waals surface area contributed by atoms with E-state index in [1.54, 1.807) is 66.7 Å². The van der Waals surface area contributed by atoms with Crippen molar-refractivity contribution in [3.63, 3.8) is 0 Å². The minimum atomic E-state index is -2.33. The van der Waals surface area contributed by atoms with Crippen molar-refractivity contribution < 1.29 is 36.2 Å². The number of hydrogen-bond acceptors (Lipinski definition) is 3. The van der Waals surface area contributed by atoms with Crippen molar-refractivity contribution >= 4 is 12.0 Å². The van der Waals surface area contributed by atoms with Crippen LogP contribution in [0.3, 0.4) is 0 Å². The zero-order chi connectivity index (χ0) is 23.3. The number of carbonyl (C=O) groups excluding carboxylic acids is 1. The van der Waals surface area contributed by atoms with Crippen LogP contribution in [-0.4, -0.2) is 13.1 Å². The molecule has 0 saturated carbocycles. The molecule has 0 aromatic heterocycles. The lowest BCUT2D eigenvalue weighted by molar-refractivity contribution is -0.136. The first-order valence-corrected chi connectivity index (χ1v) is 9.42. The molecule has 0 aliphatic rings. The summed E-state index contributed by atoms with van der Waals surface area (Å²) in [6.07, 6.45) is 3.39. The number of ether oxygens (including phenoxy) is 2. The standard InChI is InChI=1S/C24H17F5O3/c1-31-16-12-10-14(11-13-16)6-5-9-17(15-7-3-2-4-8-15)24(30)32-23-21(28)19(26)18(25)20(27)22(23)29/h2-8,10-13,17H,9H2,1H3/b6-5+/t17-/m1/s1. The lowest BCUT2D eigenvalue weighted by atomic mass is 9.95. The summed E-state index contributed by atoms with van der Waals surface area (Å²) >= 11 is 0. The summed E-state index contributed by atoms with van der Waals surface area (Å²) in [6, 6.07) is 15.2. The molecule has 8 heteroatoms. The second-order valence-electron chi connectivity index (χ2n) is 6.69. The molecule has 0 radical (unpaired) electrons. The molecule has 0 bridgehead atoms. The van der Waals surface area contributed by atoms with Crippen LogP contribution in [0.25, 0.3) is 6.08 Å². The summed E-state index contributed by atoms with van der Waals surface area (Å²) in [7, 11) is 1.53. The molecule has 0 amide bonds. The Bertz CT molecular complexity index is 1100. The first-order valence-electron chi connectivity index (χ1n) is 9.42. The highest BCUT2D eigenvalue weighted by atomic mass is 19.2. The van der Waals surface area contributed by atoms with Crippen LogP contribution in [0.15, 0.2) is 60.7 Å². The van der Waals surface area contributed by atoms with Crippen molar-refractivity contribution in [2.24, 2.45) is 0 Å². The molecule has 0 aliphatic carbocycles. The number of methoxy groups -OCH3 is 1. The van der Waals surface area contributed by atoms with Crippen LogP contribution >= 0.6 is 0 Å². The monoisotopic (exact) mass is 448 g/mol. The molecule has 0 fully saturated rings. The molecule has 32 heavy (non-hydrogen) atoms. The zero-order valence-electron chi connectivity index (χ0n) is 16.7. The van der Waals surface area contributed by atoms with E-state index in [1.165, 1.54) is 7.11 Å². The van der Waals surface area contributed by atoms with E-state index >= 15 is 0 Å². The lowest BCUT2D eigenvalue weighted by Crippen LogP contribution is -2.20. The van der Waals surface area contributed by atoms with Gasteiger partial charge in [-0.05, 0) is 29.7 Å². The molecule has 0 heterocycles. The third kappa shape index (κ3) is 4.96. The highest BCUT2D eigenvalue weighted by Gasteiger charge is 2.31. The molecule has 1 atom stereocenters. The number of esters is 1. The highest BCUT2D eigenvalue weighted by molar-refractivity contribution is 5.81. The van der Waals surface area contributed by atoms with Crippen molar-refractivity contribution in [2.45, 2.75) is 12.3 Å². The fraction of sp³-hybridized carbons (Fsp3) is 0.125. The largest absolute Gasteiger partial charge is 0.497 e. The van der Waals surface area contributed by atoms with Crippen LogP contribution in [0.1, 0.15) is 23.5 Å². The first-order chi connectivity index (χ1) is 15.3. The van der Waals surface area contributed by atoms with Crippen LogP contribution < -0.4 is 9.47 Å². The Kier molecular flexibility index (Phi) is 7.25. The molecule has 3 rings (SSSR count). The predicted octanol–water partition coefficient (Wildman–Crippen LogP) is 6.18. The van der Waals surface area contributed by atoms with Crippen LogP contribution in [0.4, 0.5) is 22.0 Å². The van der Waals surface area contributed by atoms with Gasteiger partial charge in [-0.1, -0.05) is 54.6 Å². The van der Waals surface area contributed by atoms with E-state index in [4.69, 9.17) is 4.74 Å². The maximum atomic E-state index is 13.9. The van der Waals surface area contributed by atoms with Crippen LogP contribution in [0.5, 0.6) is 11.5 Å². The maximum absolute atomic E-state index is 13.9. The van der Waals surface area contributed by atoms with E-state index in [9.17, 15) is 26.7 Å². The summed E-state index contributed by atoms with van der Waals surface area (Å²) in [4.78, 5) is 12.7. The average molecular weight is 448 g/mol. The summed E-state index contributed by atoms with van der Waals surface area (Å²) < 4.78 is 77.8. The molecule has 0 unspecified atom stereocenters. The fourth-order valence-corrected chi connectivity index (χ4v) is 2.96. The molecular formula is C24H17F5O3. The van der Waals surface area contributed by atoms with Gasteiger partial charge < -0.3 is 9.47 Å².